The predicted molar refractivity (Wildman–Crippen MR) is 47.0 cm³/mol. The summed E-state index contributed by atoms with van der Waals surface area (Å²) in [5, 5.41) is 2.73. The van der Waals surface area contributed by atoms with Crippen LogP contribution in [0, 0.1) is 5.92 Å². The third-order valence-electron chi connectivity index (χ3n) is 1.86. The Labute approximate surface area is 77.6 Å². The van der Waals surface area contributed by atoms with Crippen LogP contribution in [0.2, 0.25) is 0 Å². The van der Waals surface area contributed by atoms with Crippen molar-refractivity contribution in [3.8, 4) is 0 Å². The molecule has 1 N–H and O–H groups in total. The van der Waals surface area contributed by atoms with Gasteiger partial charge in [0.2, 0.25) is 0 Å². The van der Waals surface area contributed by atoms with Gasteiger partial charge in [0, 0.05) is 19.4 Å². The van der Waals surface area contributed by atoms with Crippen LogP contribution in [0.1, 0.15) is 26.7 Å². The van der Waals surface area contributed by atoms with E-state index in [-0.39, 0.29) is 11.9 Å². The number of ether oxygens (including phenoxy) is 1. The molecule has 0 aliphatic carbocycles. The van der Waals surface area contributed by atoms with E-state index in [9.17, 15) is 9.59 Å². The molecule has 0 aromatic carbocycles. The number of rotatable bonds is 3. The molecule has 1 fully saturated rings. The van der Waals surface area contributed by atoms with Crippen molar-refractivity contribution in [2.75, 3.05) is 6.54 Å². The van der Waals surface area contributed by atoms with Gasteiger partial charge < -0.3 is 10.1 Å². The summed E-state index contributed by atoms with van der Waals surface area (Å²) >= 11 is 0. The lowest BCUT2D eigenvalue weighted by atomic mass is 10.2. The zero-order valence-electron chi connectivity index (χ0n) is 8.00. The van der Waals surface area contributed by atoms with Crippen LogP contribution in [0.5, 0.6) is 0 Å². The van der Waals surface area contributed by atoms with E-state index in [2.05, 4.69) is 5.32 Å². The number of carbonyl (C=O) groups is 2. The smallest absolute Gasteiger partial charge is 0.306 e. The lowest BCUT2D eigenvalue weighted by Gasteiger charge is -2.11. The minimum atomic E-state index is -0.550. The van der Waals surface area contributed by atoms with Gasteiger partial charge in [-0.2, -0.15) is 0 Å². The molecular formula is C9H15NO3. The van der Waals surface area contributed by atoms with E-state index in [0.717, 1.165) is 0 Å². The molecular weight excluding hydrogens is 170 g/mol. The first-order valence-corrected chi connectivity index (χ1v) is 4.57. The molecule has 4 nitrogen and oxygen atoms in total. The third-order valence-corrected chi connectivity index (χ3v) is 1.86. The van der Waals surface area contributed by atoms with E-state index in [1.54, 1.807) is 0 Å². The minimum Gasteiger partial charge on any atom is -0.452 e. The summed E-state index contributed by atoms with van der Waals surface area (Å²) < 4.78 is 4.80. The monoisotopic (exact) mass is 185 g/mol. The average Bonchev–Trinajstić information content (AvgIpc) is 2.47. The fourth-order valence-electron chi connectivity index (χ4n) is 1.13. The lowest BCUT2D eigenvalue weighted by molar-refractivity contribution is -0.148. The van der Waals surface area contributed by atoms with E-state index < -0.39 is 6.10 Å². The molecule has 1 rings (SSSR count). The first kappa shape index (κ1) is 10.0. The van der Waals surface area contributed by atoms with Crippen LogP contribution in [0.15, 0.2) is 0 Å². The zero-order chi connectivity index (χ0) is 9.84. The van der Waals surface area contributed by atoms with Crippen LogP contribution in [0.3, 0.4) is 0 Å². The van der Waals surface area contributed by atoms with Crippen molar-refractivity contribution in [1.82, 2.24) is 5.32 Å². The fourth-order valence-corrected chi connectivity index (χ4v) is 1.13. The minimum absolute atomic E-state index is 0.167. The molecule has 0 aromatic rings. The quantitative estimate of drug-likeness (QED) is 0.650. The van der Waals surface area contributed by atoms with Crippen LogP contribution in [-0.4, -0.2) is 24.5 Å². The highest BCUT2D eigenvalue weighted by atomic mass is 16.6. The highest BCUT2D eigenvalue weighted by molar-refractivity contribution is 5.86. The van der Waals surface area contributed by atoms with Gasteiger partial charge >= 0.3 is 5.97 Å². The predicted octanol–water partition coefficient (Wildman–Crippen LogP) is 0.464. The second-order valence-electron chi connectivity index (χ2n) is 3.66. The Morgan fingerprint density at radius 3 is 2.85 bits per heavy atom. The highest BCUT2D eigenvalue weighted by Gasteiger charge is 2.29. The summed E-state index contributed by atoms with van der Waals surface area (Å²) in [6.07, 6.45) is 0.328. The maximum absolute atomic E-state index is 11.3. The SMILES string of the molecule is CC(C)CNC(=O)C1CCC(=O)O1. The van der Waals surface area contributed by atoms with E-state index >= 15 is 0 Å². The molecule has 1 unspecified atom stereocenters. The van der Waals surface area contributed by atoms with E-state index in [1.807, 2.05) is 13.8 Å². The van der Waals surface area contributed by atoms with Crippen molar-refractivity contribution in [3.63, 3.8) is 0 Å². The Morgan fingerprint density at radius 2 is 2.38 bits per heavy atom. The molecule has 1 atom stereocenters. The van der Waals surface area contributed by atoms with Crippen molar-refractivity contribution in [1.29, 1.82) is 0 Å². The summed E-state index contributed by atoms with van der Waals surface area (Å²) in [5.41, 5.74) is 0. The summed E-state index contributed by atoms with van der Waals surface area (Å²) in [7, 11) is 0. The number of hydrogen-bond donors (Lipinski definition) is 1. The van der Waals surface area contributed by atoms with Crippen LogP contribution in [0.25, 0.3) is 0 Å². The standard InChI is InChI=1S/C9H15NO3/c1-6(2)5-10-9(12)7-3-4-8(11)13-7/h6-7H,3-5H2,1-2H3,(H,10,12). The van der Waals surface area contributed by atoms with Crippen molar-refractivity contribution in [2.45, 2.75) is 32.8 Å². The molecule has 0 bridgehead atoms. The molecule has 1 aliphatic rings. The fraction of sp³-hybridized carbons (Fsp3) is 0.778. The van der Waals surface area contributed by atoms with Crippen LogP contribution >= 0.6 is 0 Å². The summed E-state index contributed by atoms with van der Waals surface area (Å²) in [4.78, 5) is 22.0. The molecule has 0 saturated carbocycles. The van der Waals surface area contributed by atoms with Gasteiger partial charge in [-0.05, 0) is 5.92 Å². The topological polar surface area (TPSA) is 55.4 Å². The average molecular weight is 185 g/mol. The maximum atomic E-state index is 11.3. The number of esters is 1. The Balaban J connectivity index is 2.27. The third kappa shape index (κ3) is 3.05. The van der Waals surface area contributed by atoms with Crippen LogP contribution in [-0.2, 0) is 14.3 Å². The van der Waals surface area contributed by atoms with Crippen LogP contribution in [0.4, 0.5) is 0 Å². The Hall–Kier alpha value is -1.06. The van der Waals surface area contributed by atoms with Gasteiger partial charge in [0.05, 0.1) is 0 Å². The lowest BCUT2D eigenvalue weighted by Crippen LogP contribution is -2.36. The van der Waals surface area contributed by atoms with Crippen molar-refractivity contribution >= 4 is 11.9 Å². The normalized spacial score (nSPS) is 21.8. The summed E-state index contributed by atoms with van der Waals surface area (Å²) in [5.74, 6) is -0.0229. The molecule has 13 heavy (non-hydrogen) atoms. The molecule has 1 saturated heterocycles. The number of cyclic esters (lactones) is 1. The van der Waals surface area contributed by atoms with Gasteiger partial charge in [-0.25, -0.2) is 0 Å². The summed E-state index contributed by atoms with van der Waals surface area (Å²) in [6.45, 7) is 4.66. The maximum Gasteiger partial charge on any atom is 0.306 e. The van der Waals surface area contributed by atoms with E-state index in [1.165, 1.54) is 0 Å². The first-order chi connectivity index (χ1) is 6.09. The first-order valence-electron chi connectivity index (χ1n) is 4.57. The number of nitrogens with one attached hydrogen (secondary N) is 1. The number of amides is 1. The highest BCUT2D eigenvalue weighted by Crippen LogP contribution is 2.13. The van der Waals surface area contributed by atoms with Gasteiger partial charge in [0.25, 0.3) is 5.91 Å². The molecule has 1 heterocycles. The van der Waals surface area contributed by atoms with Gasteiger partial charge in [-0.3, -0.25) is 9.59 Å². The Kier molecular flexibility index (Phi) is 3.28. The number of carbonyl (C=O) groups excluding carboxylic acids is 2. The Bertz CT molecular complexity index is 213. The molecule has 0 spiro atoms. The molecule has 0 aromatic heterocycles. The number of hydrogen-bond acceptors (Lipinski definition) is 3. The van der Waals surface area contributed by atoms with Crippen molar-refractivity contribution in [2.24, 2.45) is 5.92 Å². The van der Waals surface area contributed by atoms with E-state index in [0.29, 0.717) is 25.3 Å². The second-order valence-corrected chi connectivity index (χ2v) is 3.66. The largest absolute Gasteiger partial charge is 0.452 e. The van der Waals surface area contributed by atoms with E-state index in [4.69, 9.17) is 4.74 Å². The van der Waals surface area contributed by atoms with Gasteiger partial charge in [0.15, 0.2) is 6.10 Å². The molecule has 74 valence electrons. The van der Waals surface area contributed by atoms with Gasteiger partial charge in [0.1, 0.15) is 0 Å². The molecule has 4 heteroatoms. The molecule has 1 amide bonds. The summed E-state index contributed by atoms with van der Waals surface area (Å²) in [6, 6.07) is 0. The molecule has 1 aliphatic heterocycles. The van der Waals surface area contributed by atoms with Crippen LogP contribution < -0.4 is 5.32 Å². The zero-order valence-corrected chi connectivity index (χ0v) is 8.00. The second kappa shape index (κ2) is 4.25. The van der Waals surface area contributed by atoms with Crippen molar-refractivity contribution < 1.29 is 14.3 Å². The molecule has 0 radical (unpaired) electrons. The van der Waals surface area contributed by atoms with Crippen molar-refractivity contribution in [3.05, 3.63) is 0 Å². The Morgan fingerprint density at radius 1 is 1.69 bits per heavy atom. The van der Waals surface area contributed by atoms with Gasteiger partial charge in [-0.15, -0.1) is 0 Å². The van der Waals surface area contributed by atoms with Gasteiger partial charge in [-0.1, -0.05) is 13.8 Å².